The van der Waals surface area contributed by atoms with Crippen molar-refractivity contribution in [1.82, 2.24) is 0 Å². The number of allylic oxidation sites excluding steroid dienone is 2. The summed E-state index contributed by atoms with van der Waals surface area (Å²) in [6.45, 7) is 4.93. The van der Waals surface area contributed by atoms with Gasteiger partial charge < -0.3 is 5.11 Å². The minimum absolute atomic E-state index is 0.113. The van der Waals surface area contributed by atoms with Crippen LogP contribution in [0.3, 0.4) is 0 Å². The molecule has 0 aromatic carbocycles. The SMILES string of the molecule is C=C(C=O)S/C(=C/C)C(=O)O. The van der Waals surface area contributed by atoms with Gasteiger partial charge in [-0.1, -0.05) is 24.4 Å². The van der Waals surface area contributed by atoms with Crippen molar-refractivity contribution in [3.63, 3.8) is 0 Å². The van der Waals surface area contributed by atoms with Crippen LogP contribution in [0.4, 0.5) is 0 Å². The average Bonchev–Trinajstić information content (AvgIpc) is 1.99. The number of carbonyl (C=O) groups is 2. The Morgan fingerprint density at radius 2 is 2.18 bits per heavy atom. The van der Waals surface area contributed by atoms with E-state index in [1.807, 2.05) is 0 Å². The molecule has 0 spiro atoms. The number of thioether (sulfide) groups is 1. The number of carboxylic acids is 1. The summed E-state index contributed by atoms with van der Waals surface area (Å²) < 4.78 is 0. The van der Waals surface area contributed by atoms with Gasteiger partial charge in [0.1, 0.15) is 0 Å². The Bertz CT molecular complexity index is 218. The van der Waals surface area contributed by atoms with Crippen LogP contribution in [0.15, 0.2) is 22.5 Å². The van der Waals surface area contributed by atoms with Gasteiger partial charge in [0.25, 0.3) is 0 Å². The molecule has 3 nitrogen and oxygen atoms in total. The van der Waals surface area contributed by atoms with Crippen LogP contribution >= 0.6 is 11.8 Å². The van der Waals surface area contributed by atoms with Gasteiger partial charge in [0.15, 0.2) is 6.29 Å². The molecule has 0 saturated carbocycles. The third-order valence-corrected chi connectivity index (χ3v) is 1.83. The van der Waals surface area contributed by atoms with E-state index in [9.17, 15) is 9.59 Å². The fourth-order valence-electron chi connectivity index (χ4n) is 0.391. The van der Waals surface area contributed by atoms with Gasteiger partial charge in [0.2, 0.25) is 0 Å². The lowest BCUT2D eigenvalue weighted by Crippen LogP contribution is -1.96. The van der Waals surface area contributed by atoms with E-state index in [2.05, 4.69) is 6.58 Å². The summed E-state index contributed by atoms with van der Waals surface area (Å²) in [5.74, 6) is -1.04. The summed E-state index contributed by atoms with van der Waals surface area (Å²) in [5.41, 5.74) is 0. The Morgan fingerprint density at radius 3 is 2.45 bits per heavy atom. The first-order valence-electron chi connectivity index (χ1n) is 2.83. The van der Waals surface area contributed by atoms with Crippen molar-refractivity contribution in [2.75, 3.05) is 0 Å². The van der Waals surface area contributed by atoms with Crippen LogP contribution < -0.4 is 0 Å². The molecule has 0 rings (SSSR count). The molecular weight excluding hydrogens is 164 g/mol. The standard InChI is InChI=1S/C7H8O3S/c1-3-6(7(9)10)11-5(2)4-8/h3-4H,2H2,1H3,(H,9,10)/b6-3+. The molecule has 0 aromatic rings. The molecule has 0 saturated heterocycles. The van der Waals surface area contributed by atoms with Crippen molar-refractivity contribution >= 4 is 24.0 Å². The summed E-state index contributed by atoms with van der Waals surface area (Å²) in [4.78, 5) is 20.7. The molecular formula is C7H8O3S. The molecule has 11 heavy (non-hydrogen) atoms. The first-order valence-corrected chi connectivity index (χ1v) is 3.65. The lowest BCUT2D eigenvalue weighted by atomic mass is 10.5. The third-order valence-electron chi connectivity index (χ3n) is 0.845. The molecule has 4 heteroatoms. The number of carboxylic acid groups (broad SMARTS) is 1. The molecule has 0 heterocycles. The summed E-state index contributed by atoms with van der Waals surface area (Å²) in [6.07, 6.45) is 1.94. The van der Waals surface area contributed by atoms with Crippen molar-refractivity contribution in [3.8, 4) is 0 Å². The van der Waals surface area contributed by atoms with E-state index in [1.165, 1.54) is 6.08 Å². The number of rotatable bonds is 4. The Labute approximate surface area is 68.8 Å². The molecule has 0 unspecified atom stereocenters. The van der Waals surface area contributed by atoms with Crippen LogP contribution in [-0.4, -0.2) is 17.4 Å². The van der Waals surface area contributed by atoms with Gasteiger partial charge in [-0.2, -0.15) is 0 Å². The highest BCUT2D eigenvalue weighted by Crippen LogP contribution is 2.21. The van der Waals surface area contributed by atoms with E-state index < -0.39 is 5.97 Å². The van der Waals surface area contributed by atoms with Crippen molar-refractivity contribution in [2.24, 2.45) is 0 Å². The molecule has 0 amide bonds. The lowest BCUT2D eigenvalue weighted by molar-refractivity contribution is -0.131. The fraction of sp³-hybridized carbons (Fsp3) is 0.143. The second-order valence-corrected chi connectivity index (χ2v) is 2.81. The second kappa shape index (κ2) is 4.73. The quantitative estimate of drug-likeness (QED) is 0.514. The monoisotopic (exact) mass is 172 g/mol. The summed E-state index contributed by atoms with van der Waals surface area (Å²) in [7, 11) is 0. The van der Waals surface area contributed by atoms with Gasteiger partial charge in [0, 0.05) is 4.91 Å². The third kappa shape index (κ3) is 3.62. The van der Waals surface area contributed by atoms with E-state index in [-0.39, 0.29) is 9.81 Å². The van der Waals surface area contributed by atoms with Crippen LogP contribution in [0, 0.1) is 0 Å². The zero-order chi connectivity index (χ0) is 8.85. The Kier molecular flexibility index (Phi) is 4.29. The summed E-state index contributed by atoms with van der Waals surface area (Å²) in [5, 5.41) is 8.47. The predicted molar refractivity (Wildman–Crippen MR) is 44.2 cm³/mol. The topological polar surface area (TPSA) is 54.4 Å². The normalized spacial score (nSPS) is 10.8. The van der Waals surface area contributed by atoms with Crippen molar-refractivity contribution in [1.29, 1.82) is 0 Å². The van der Waals surface area contributed by atoms with Gasteiger partial charge in [-0.05, 0) is 6.92 Å². The zero-order valence-electron chi connectivity index (χ0n) is 6.03. The van der Waals surface area contributed by atoms with E-state index in [4.69, 9.17) is 5.11 Å². The van der Waals surface area contributed by atoms with Crippen LogP contribution in [-0.2, 0) is 9.59 Å². The van der Waals surface area contributed by atoms with E-state index >= 15 is 0 Å². The molecule has 0 fully saturated rings. The highest BCUT2D eigenvalue weighted by molar-refractivity contribution is 8.08. The van der Waals surface area contributed by atoms with E-state index in [1.54, 1.807) is 6.92 Å². The smallest absolute Gasteiger partial charge is 0.342 e. The number of hydrogen-bond donors (Lipinski definition) is 1. The molecule has 0 atom stereocenters. The minimum atomic E-state index is -1.04. The van der Waals surface area contributed by atoms with Crippen molar-refractivity contribution in [3.05, 3.63) is 22.5 Å². The molecule has 0 bridgehead atoms. The van der Waals surface area contributed by atoms with E-state index in [0.717, 1.165) is 11.8 Å². The fourth-order valence-corrected chi connectivity index (χ4v) is 0.927. The lowest BCUT2D eigenvalue weighted by Gasteiger charge is -1.96. The number of aldehydes is 1. The maximum atomic E-state index is 10.3. The van der Waals surface area contributed by atoms with Crippen LogP contribution in [0.5, 0.6) is 0 Å². The van der Waals surface area contributed by atoms with Crippen LogP contribution in [0.25, 0.3) is 0 Å². The average molecular weight is 172 g/mol. The molecule has 0 aliphatic carbocycles. The highest BCUT2D eigenvalue weighted by Gasteiger charge is 2.07. The number of hydrogen-bond acceptors (Lipinski definition) is 3. The largest absolute Gasteiger partial charge is 0.477 e. The zero-order valence-corrected chi connectivity index (χ0v) is 6.85. The molecule has 0 aromatic heterocycles. The van der Waals surface area contributed by atoms with Gasteiger partial charge in [-0.15, -0.1) is 0 Å². The minimum Gasteiger partial charge on any atom is -0.477 e. The molecule has 1 N–H and O–H groups in total. The second-order valence-electron chi connectivity index (χ2n) is 1.64. The van der Waals surface area contributed by atoms with Gasteiger partial charge in [-0.25, -0.2) is 4.79 Å². The van der Waals surface area contributed by atoms with Crippen molar-refractivity contribution < 1.29 is 14.7 Å². The van der Waals surface area contributed by atoms with Gasteiger partial charge in [0.05, 0.1) is 4.91 Å². The first-order chi connectivity index (χ1) is 5.11. The van der Waals surface area contributed by atoms with Crippen LogP contribution in [0.1, 0.15) is 6.92 Å². The summed E-state index contributed by atoms with van der Waals surface area (Å²) >= 11 is 0.852. The van der Waals surface area contributed by atoms with Crippen LogP contribution in [0.2, 0.25) is 0 Å². The molecule has 0 aliphatic heterocycles. The van der Waals surface area contributed by atoms with E-state index in [0.29, 0.717) is 6.29 Å². The highest BCUT2D eigenvalue weighted by atomic mass is 32.2. The maximum absolute atomic E-state index is 10.3. The van der Waals surface area contributed by atoms with Crippen molar-refractivity contribution in [2.45, 2.75) is 6.92 Å². The first kappa shape index (κ1) is 9.97. The Balaban J connectivity index is 4.22. The van der Waals surface area contributed by atoms with Gasteiger partial charge in [-0.3, -0.25) is 4.79 Å². The molecule has 0 radical (unpaired) electrons. The Hall–Kier alpha value is -1.03. The molecule has 0 aliphatic rings. The summed E-state index contributed by atoms with van der Waals surface area (Å²) in [6, 6.07) is 0. The molecule has 60 valence electrons. The predicted octanol–water partition coefficient (Wildman–Crippen LogP) is 1.42. The number of aliphatic carboxylic acids is 1. The number of carbonyl (C=O) groups excluding carboxylic acids is 1. The Morgan fingerprint density at radius 1 is 1.64 bits per heavy atom. The maximum Gasteiger partial charge on any atom is 0.342 e. The van der Waals surface area contributed by atoms with Gasteiger partial charge >= 0.3 is 5.97 Å².